The summed E-state index contributed by atoms with van der Waals surface area (Å²) in [5, 5.41) is 12.0. The first-order valence-corrected chi connectivity index (χ1v) is 9.38. The van der Waals surface area contributed by atoms with E-state index in [4.69, 9.17) is 11.6 Å². The zero-order chi connectivity index (χ0) is 21.9. The third-order valence-electron chi connectivity index (χ3n) is 4.89. The standard InChI is InChI=1S/C21H24ClF3N2O2/c1-12-7-16(28)8-13(2)17(12)10-15(27(3)4)11-26-20(29)14-5-6-18(19(22)9-14)21(23,24)25/h5-9,15,28H,10-11H2,1-4H3,(H,26,29)/t15-/m0/s1. The Morgan fingerprint density at radius 1 is 1.17 bits per heavy atom. The molecular formula is C21H24ClF3N2O2. The Bertz CT molecular complexity index is 875. The Morgan fingerprint density at radius 3 is 2.24 bits per heavy atom. The molecule has 8 heteroatoms. The summed E-state index contributed by atoms with van der Waals surface area (Å²) in [6.07, 6.45) is -3.93. The number of benzene rings is 2. The molecule has 2 N–H and O–H groups in total. The van der Waals surface area contributed by atoms with Crippen LogP contribution in [0.1, 0.15) is 32.6 Å². The first-order valence-electron chi connectivity index (χ1n) is 9.00. The third-order valence-corrected chi connectivity index (χ3v) is 5.20. The molecule has 0 bridgehead atoms. The van der Waals surface area contributed by atoms with E-state index < -0.39 is 22.7 Å². The number of nitrogens with one attached hydrogen (secondary N) is 1. The lowest BCUT2D eigenvalue weighted by atomic mass is 9.95. The minimum Gasteiger partial charge on any atom is -0.508 e. The van der Waals surface area contributed by atoms with Gasteiger partial charge in [-0.15, -0.1) is 0 Å². The van der Waals surface area contributed by atoms with Crippen LogP contribution in [-0.4, -0.2) is 42.6 Å². The van der Waals surface area contributed by atoms with Crippen LogP contribution >= 0.6 is 11.6 Å². The van der Waals surface area contributed by atoms with E-state index in [-0.39, 0.29) is 17.4 Å². The van der Waals surface area contributed by atoms with Crippen LogP contribution in [-0.2, 0) is 12.6 Å². The van der Waals surface area contributed by atoms with Crippen LogP contribution in [0.25, 0.3) is 0 Å². The lowest BCUT2D eigenvalue weighted by molar-refractivity contribution is -0.137. The summed E-state index contributed by atoms with van der Waals surface area (Å²) in [5.41, 5.74) is 2.08. The molecule has 2 aromatic rings. The highest BCUT2D eigenvalue weighted by atomic mass is 35.5. The molecule has 4 nitrogen and oxygen atoms in total. The number of hydrogen-bond donors (Lipinski definition) is 2. The molecule has 0 unspecified atom stereocenters. The maximum absolute atomic E-state index is 12.8. The molecule has 0 fully saturated rings. The lowest BCUT2D eigenvalue weighted by Crippen LogP contribution is -2.41. The van der Waals surface area contributed by atoms with Crippen molar-refractivity contribution in [1.29, 1.82) is 0 Å². The average Bonchev–Trinajstić information content (AvgIpc) is 2.58. The molecule has 2 aromatic carbocycles. The van der Waals surface area contributed by atoms with E-state index in [1.807, 2.05) is 32.8 Å². The fourth-order valence-electron chi connectivity index (χ4n) is 3.16. The number of amides is 1. The number of alkyl halides is 3. The summed E-state index contributed by atoms with van der Waals surface area (Å²) in [6.45, 7) is 4.12. The fourth-order valence-corrected chi connectivity index (χ4v) is 3.45. The molecule has 0 saturated heterocycles. The van der Waals surface area contributed by atoms with Crippen LogP contribution in [0, 0.1) is 13.8 Å². The Hall–Kier alpha value is -2.25. The first-order chi connectivity index (χ1) is 13.4. The molecule has 158 valence electrons. The fraction of sp³-hybridized carbons (Fsp3) is 0.381. The van der Waals surface area contributed by atoms with E-state index in [1.54, 1.807) is 12.1 Å². The second-order valence-corrected chi connectivity index (χ2v) is 7.69. The first kappa shape index (κ1) is 23.0. The van der Waals surface area contributed by atoms with Crippen molar-refractivity contribution < 1.29 is 23.1 Å². The van der Waals surface area contributed by atoms with Crippen LogP contribution in [0.3, 0.4) is 0 Å². The minimum atomic E-state index is -4.57. The number of likely N-dealkylation sites (N-methyl/N-ethyl adjacent to an activating group) is 1. The monoisotopic (exact) mass is 428 g/mol. The van der Waals surface area contributed by atoms with Crippen LogP contribution in [0.2, 0.25) is 5.02 Å². The molecule has 29 heavy (non-hydrogen) atoms. The van der Waals surface area contributed by atoms with Gasteiger partial charge >= 0.3 is 6.18 Å². The van der Waals surface area contributed by atoms with Crippen molar-refractivity contribution >= 4 is 17.5 Å². The zero-order valence-electron chi connectivity index (χ0n) is 16.7. The Morgan fingerprint density at radius 2 is 1.76 bits per heavy atom. The van der Waals surface area contributed by atoms with Crippen molar-refractivity contribution in [3.8, 4) is 5.75 Å². The van der Waals surface area contributed by atoms with Crippen LogP contribution < -0.4 is 5.32 Å². The second kappa shape index (κ2) is 9.05. The van der Waals surface area contributed by atoms with E-state index >= 15 is 0 Å². The number of aryl methyl sites for hydroxylation is 2. The minimum absolute atomic E-state index is 0.0502. The maximum Gasteiger partial charge on any atom is 0.417 e. The van der Waals surface area contributed by atoms with Crippen molar-refractivity contribution in [2.24, 2.45) is 0 Å². The number of aromatic hydroxyl groups is 1. The number of phenolic OH excluding ortho intramolecular Hbond substituents is 1. The van der Waals surface area contributed by atoms with Crippen molar-refractivity contribution in [2.75, 3.05) is 20.6 Å². The molecule has 1 atom stereocenters. The summed E-state index contributed by atoms with van der Waals surface area (Å²) in [6, 6.07) is 6.28. The number of carbonyl (C=O) groups excluding carboxylic acids is 1. The molecular weight excluding hydrogens is 405 g/mol. The molecule has 0 aliphatic carbocycles. The molecule has 0 aliphatic heterocycles. The van der Waals surface area contributed by atoms with Crippen molar-refractivity contribution in [3.05, 3.63) is 63.2 Å². The molecule has 0 spiro atoms. The Balaban J connectivity index is 2.11. The lowest BCUT2D eigenvalue weighted by Gasteiger charge is -2.26. The van der Waals surface area contributed by atoms with Crippen molar-refractivity contribution in [3.63, 3.8) is 0 Å². The van der Waals surface area contributed by atoms with Crippen LogP contribution in [0.15, 0.2) is 30.3 Å². The van der Waals surface area contributed by atoms with Gasteiger partial charge in [-0.2, -0.15) is 13.2 Å². The van der Waals surface area contributed by atoms with E-state index in [0.29, 0.717) is 13.0 Å². The summed E-state index contributed by atoms with van der Waals surface area (Å²) >= 11 is 5.70. The number of rotatable bonds is 6. The summed E-state index contributed by atoms with van der Waals surface area (Å²) < 4.78 is 38.4. The molecule has 0 aliphatic rings. The number of hydrogen-bond acceptors (Lipinski definition) is 3. The molecule has 0 saturated carbocycles. The summed E-state index contributed by atoms with van der Waals surface area (Å²) in [4.78, 5) is 14.4. The topological polar surface area (TPSA) is 52.6 Å². The maximum atomic E-state index is 12.8. The van der Waals surface area contributed by atoms with Crippen molar-refractivity contribution in [1.82, 2.24) is 10.2 Å². The normalized spacial score (nSPS) is 12.9. The van der Waals surface area contributed by atoms with Gasteiger partial charge in [0, 0.05) is 18.2 Å². The van der Waals surface area contributed by atoms with Gasteiger partial charge in [0.2, 0.25) is 0 Å². The van der Waals surface area contributed by atoms with E-state index in [1.165, 1.54) is 0 Å². The SMILES string of the molecule is Cc1cc(O)cc(C)c1C[C@@H](CNC(=O)c1ccc(C(F)(F)F)c(Cl)c1)N(C)C. The molecule has 0 radical (unpaired) electrons. The van der Waals surface area contributed by atoms with Gasteiger partial charge in [0.25, 0.3) is 5.91 Å². The number of phenols is 1. The van der Waals surface area contributed by atoms with Gasteiger partial charge in [0.05, 0.1) is 10.6 Å². The molecule has 2 rings (SSSR count). The number of carbonyl (C=O) groups is 1. The van der Waals surface area contributed by atoms with Gasteiger partial charge in [0.1, 0.15) is 5.75 Å². The highest BCUT2D eigenvalue weighted by Gasteiger charge is 2.33. The predicted octanol–water partition coefficient (Wildman–Crippen LogP) is 4.58. The smallest absolute Gasteiger partial charge is 0.417 e. The van der Waals surface area contributed by atoms with Crippen LogP contribution in [0.5, 0.6) is 5.75 Å². The molecule has 0 aromatic heterocycles. The highest BCUT2D eigenvalue weighted by Crippen LogP contribution is 2.34. The van der Waals surface area contributed by atoms with Gasteiger partial charge in [-0.05, 0) is 81.4 Å². The van der Waals surface area contributed by atoms with E-state index in [0.717, 1.165) is 34.9 Å². The Labute approximate surface area is 173 Å². The van der Waals surface area contributed by atoms with Crippen LogP contribution in [0.4, 0.5) is 13.2 Å². The van der Waals surface area contributed by atoms with Gasteiger partial charge in [-0.1, -0.05) is 11.6 Å². The summed E-state index contributed by atoms with van der Waals surface area (Å²) in [7, 11) is 3.77. The largest absolute Gasteiger partial charge is 0.508 e. The quantitative estimate of drug-likeness (QED) is 0.708. The molecule has 1 amide bonds. The van der Waals surface area contributed by atoms with Crippen molar-refractivity contribution in [2.45, 2.75) is 32.5 Å². The molecule has 0 heterocycles. The third kappa shape index (κ3) is 5.87. The van der Waals surface area contributed by atoms with Gasteiger partial charge in [-0.25, -0.2) is 0 Å². The summed E-state index contributed by atoms with van der Waals surface area (Å²) in [5.74, 6) is -0.288. The predicted molar refractivity (Wildman–Crippen MR) is 108 cm³/mol. The van der Waals surface area contributed by atoms with Gasteiger partial charge < -0.3 is 15.3 Å². The average molecular weight is 429 g/mol. The number of nitrogens with zero attached hydrogens (tertiary/aromatic N) is 1. The highest BCUT2D eigenvalue weighted by molar-refractivity contribution is 6.31. The van der Waals surface area contributed by atoms with E-state index in [2.05, 4.69) is 5.32 Å². The van der Waals surface area contributed by atoms with Gasteiger partial charge in [-0.3, -0.25) is 4.79 Å². The second-order valence-electron chi connectivity index (χ2n) is 7.28. The van der Waals surface area contributed by atoms with Gasteiger partial charge in [0.15, 0.2) is 0 Å². The number of halogens is 4. The van der Waals surface area contributed by atoms with E-state index in [9.17, 15) is 23.1 Å². The zero-order valence-corrected chi connectivity index (χ0v) is 17.4. The Kier molecular flexibility index (Phi) is 7.19.